The van der Waals surface area contributed by atoms with E-state index in [0.29, 0.717) is 0 Å². The zero-order valence-corrected chi connectivity index (χ0v) is 12.0. The van der Waals surface area contributed by atoms with Crippen molar-refractivity contribution >= 4 is 19.8 Å². The van der Waals surface area contributed by atoms with E-state index >= 15 is 0 Å². The molecule has 0 radical (unpaired) electrons. The molecule has 0 aromatic heterocycles. The first-order valence-corrected chi connectivity index (χ1v) is 12.5. The molecule has 0 nitrogen and oxygen atoms in total. The third-order valence-electron chi connectivity index (χ3n) is 2.41. The summed E-state index contributed by atoms with van der Waals surface area (Å²) in [5, 5.41) is 0. The molecule has 0 fully saturated rings. The van der Waals surface area contributed by atoms with Crippen LogP contribution in [0.1, 0.15) is 52.4 Å². The van der Waals surface area contributed by atoms with Crippen LogP contribution in [-0.2, 0) is 0 Å². The van der Waals surface area contributed by atoms with Crippen molar-refractivity contribution in [3.63, 3.8) is 0 Å². The maximum atomic E-state index is 2.60. The normalized spacial score (nSPS) is 10.2. The van der Waals surface area contributed by atoms with Crippen LogP contribution in [0.4, 0.5) is 0 Å². The SMILES string of the molecule is CCCC[CH2][Sn+]([CH3])[CH2]CCCC. The molecule has 12 heavy (non-hydrogen) atoms. The molecule has 0 amide bonds. The Hall–Kier alpha value is 0.799. The van der Waals surface area contributed by atoms with Gasteiger partial charge in [-0.15, -0.1) is 0 Å². The van der Waals surface area contributed by atoms with E-state index in [0.717, 1.165) is 0 Å². The third kappa shape index (κ3) is 8.89. The van der Waals surface area contributed by atoms with E-state index in [1.165, 1.54) is 38.5 Å². The topological polar surface area (TPSA) is 0 Å². The van der Waals surface area contributed by atoms with Gasteiger partial charge in [0.15, 0.2) is 0 Å². The van der Waals surface area contributed by atoms with Gasteiger partial charge in [0.1, 0.15) is 0 Å². The fourth-order valence-electron chi connectivity index (χ4n) is 1.48. The van der Waals surface area contributed by atoms with E-state index < -0.39 is 19.8 Å². The van der Waals surface area contributed by atoms with Crippen LogP contribution in [0.5, 0.6) is 0 Å². The molecule has 0 unspecified atom stereocenters. The van der Waals surface area contributed by atoms with Crippen molar-refractivity contribution in [1.82, 2.24) is 0 Å². The zero-order chi connectivity index (χ0) is 9.23. The molecular weight excluding hydrogens is 251 g/mol. The Morgan fingerprint density at radius 3 is 1.50 bits per heavy atom. The van der Waals surface area contributed by atoms with Crippen molar-refractivity contribution in [1.29, 1.82) is 0 Å². The van der Waals surface area contributed by atoms with Crippen molar-refractivity contribution in [3.8, 4) is 0 Å². The Balaban J connectivity index is 3.04. The molecule has 0 N–H and O–H groups in total. The van der Waals surface area contributed by atoms with Crippen molar-refractivity contribution in [2.45, 2.75) is 66.2 Å². The van der Waals surface area contributed by atoms with Crippen LogP contribution in [0.2, 0.25) is 13.8 Å². The van der Waals surface area contributed by atoms with Crippen LogP contribution < -0.4 is 0 Å². The summed E-state index contributed by atoms with van der Waals surface area (Å²) in [6, 6.07) is 0. The first-order chi connectivity index (χ1) is 5.81. The second-order valence-corrected chi connectivity index (χ2v) is 12.2. The molecular formula is C11H25Sn+. The van der Waals surface area contributed by atoms with E-state index in [1.54, 1.807) is 8.87 Å². The average Bonchev–Trinajstić information content (AvgIpc) is 2.06. The summed E-state index contributed by atoms with van der Waals surface area (Å²) >= 11 is -0.781. The molecule has 0 aliphatic rings. The minimum atomic E-state index is -0.781. The molecule has 0 bridgehead atoms. The van der Waals surface area contributed by atoms with Crippen LogP contribution in [0, 0.1) is 0 Å². The Bertz CT molecular complexity index is 71.1. The number of hydrogen-bond acceptors (Lipinski definition) is 0. The van der Waals surface area contributed by atoms with Gasteiger partial charge < -0.3 is 0 Å². The molecule has 0 saturated carbocycles. The first kappa shape index (κ1) is 12.8. The van der Waals surface area contributed by atoms with Crippen molar-refractivity contribution in [2.75, 3.05) is 0 Å². The van der Waals surface area contributed by atoms with Gasteiger partial charge >= 0.3 is 85.9 Å². The van der Waals surface area contributed by atoms with E-state index in [4.69, 9.17) is 0 Å². The van der Waals surface area contributed by atoms with E-state index in [1.807, 2.05) is 0 Å². The molecule has 0 aliphatic carbocycles. The molecule has 0 aromatic rings. The summed E-state index contributed by atoms with van der Waals surface area (Å²) < 4.78 is 3.31. The van der Waals surface area contributed by atoms with Gasteiger partial charge in [0.05, 0.1) is 0 Å². The molecule has 1 heteroatoms. The zero-order valence-electron chi connectivity index (χ0n) is 9.16. The van der Waals surface area contributed by atoms with Gasteiger partial charge in [0.2, 0.25) is 0 Å². The third-order valence-corrected chi connectivity index (χ3v) is 9.30. The molecule has 72 valence electrons. The second kappa shape index (κ2) is 9.88. The second-order valence-electron chi connectivity index (χ2n) is 3.87. The van der Waals surface area contributed by atoms with E-state index in [9.17, 15) is 0 Å². The predicted octanol–water partition coefficient (Wildman–Crippen LogP) is 4.49. The van der Waals surface area contributed by atoms with E-state index in [-0.39, 0.29) is 0 Å². The Labute approximate surface area is 85.9 Å². The number of rotatable bonds is 8. The monoisotopic (exact) mass is 277 g/mol. The van der Waals surface area contributed by atoms with Gasteiger partial charge in [-0.2, -0.15) is 0 Å². The number of hydrogen-bond donors (Lipinski definition) is 0. The van der Waals surface area contributed by atoms with Gasteiger partial charge in [-0.25, -0.2) is 0 Å². The quantitative estimate of drug-likeness (QED) is 0.452. The van der Waals surface area contributed by atoms with Crippen LogP contribution in [0.3, 0.4) is 0 Å². The Morgan fingerprint density at radius 1 is 0.750 bits per heavy atom. The Kier molecular flexibility index (Phi) is 10.5. The Morgan fingerprint density at radius 2 is 1.17 bits per heavy atom. The standard InChI is InChI=1S/2C5H11.CH3.Sn/c2*1-3-5-4-2;;/h2*1,3-5H2,2H3;1H3;/q;;;+1. The first-order valence-electron chi connectivity index (χ1n) is 5.62. The summed E-state index contributed by atoms with van der Waals surface area (Å²) in [7, 11) is 0. The minimum absolute atomic E-state index is 0.781. The van der Waals surface area contributed by atoms with E-state index in [2.05, 4.69) is 18.8 Å². The fraction of sp³-hybridized carbons (Fsp3) is 1.00. The maximum absolute atomic E-state index is 2.60. The molecule has 0 saturated heterocycles. The fourth-order valence-corrected chi connectivity index (χ4v) is 7.06. The van der Waals surface area contributed by atoms with Crippen molar-refractivity contribution < 1.29 is 0 Å². The molecule has 0 atom stereocenters. The van der Waals surface area contributed by atoms with Gasteiger partial charge in [-0.3, -0.25) is 0 Å². The van der Waals surface area contributed by atoms with Gasteiger partial charge in [-0.05, 0) is 0 Å². The van der Waals surface area contributed by atoms with Gasteiger partial charge in [0.25, 0.3) is 0 Å². The van der Waals surface area contributed by atoms with Crippen LogP contribution in [0.15, 0.2) is 0 Å². The van der Waals surface area contributed by atoms with Crippen LogP contribution in [0.25, 0.3) is 0 Å². The molecule has 0 heterocycles. The van der Waals surface area contributed by atoms with Gasteiger partial charge in [0, 0.05) is 0 Å². The van der Waals surface area contributed by atoms with Gasteiger partial charge in [-0.1, -0.05) is 0 Å². The van der Waals surface area contributed by atoms with Crippen molar-refractivity contribution in [2.24, 2.45) is 0 Å². The summed E-state index contributed by atoms with van der Waals surface area (Å²) in [4.78, 5) is 2.60. The van der Waals surface area contributed by atoms with Crippen molar-refractivity contribution in [3.05, 3.63) is 0 Å². The predicted molar refractivity (Wildman–Crippen MR) is 60.3 cm³/mol. The summed E-state index contributed by atoms with van der Waals surface area (Å²) in [6.45, 7) is 4.60. The van der Waals surface area contributed by atoms with Crippen LogP contribution in [-0.4, -0.2) is 19.8 Å². The summed E-state index contributed by atoms with van der Waals surface area (Å²) in [6.07, 6.45) is 8.82. The average molecular weight is 276 g/mol. The summed E-state index contributed by atoms with van der Waals surface area (Å²) in [5.41, 5.74) is 0. The molecule has 0 rings (SSSR count). The number of unbranched alkanes of at least 4 members (excludes halogenated alkanes) is 4. The van der Waals surface area contributed by atoms with Crippen LogP contribution >= 0.6 is 0 Å². The summed E-state index contributed by atoms with van der Waals surface area (Å²) in [5.74, 6) is 0. The molecule has 0 aromatic carbocycles. The molecule has 0 aliphatic heterocycles. The molecule has 0 spiro atoms.